The zero-order chi connectivity index (χ0) is 15.8. The van der Waals surface area contributed by atoms with Crippen LogP contribution in [0, 0.1) is 0 Å². The molecule has 0 aliphatic heterocycles. The molecule has 1 aromatic rings. The first-order valence-electron chi connectivity index (χ1n) is 7.66. The fourth-order valence-corrected chi connectivity index (χ4v) is 2.26. The number of methoxy groups -OCH3 is 1. The number of rotatable bonds is 9. The van der Waals surface area contributed by atoms with E-state index in [9.17, 15) is 0 Å². The summed E-state index contributed by atoms with van der Waals surface area (Å²) in [5.74, 6) is 0.970. The average Bonchev–Trinajstić information content (AvgIpc) is 2.45. The van der Waals surface area contributed by atoms with E-state index in [1.54, 1.807) is 7.11 Å². The minimum absolute atomic E-state index is 0.442. The standard InChI is InChI=1S/C18H30N2O/c1-14(2)19-12-15(3)13-20(5)16(4)11-17-9-7-8-10-18(17)21-6/h7-10,14,16,19H,3,11-13H2,1-2,4-6H3. The van der Waals surface area contributed by atoms with E-state index in [0.29, 0.717) is 12.1 Å². The van der Waals surface area contributed by atoms with Crippen LogP contribution in [0.15, 0.2) is 36.4 Å². The van der Waals surface area contributed by atoms with Gasteiger partial charge in [-0.15, -0.1) is 0 Å². The maximum absolute atomic E-state index is 5.43. The molecule has 1 rings (SSSR count). The highest BCUT2D eigenvalue weighted by Crippen LogP contribution is 2.20. The molecule has 0 aliphatic rings. The van der Waals surface area contributed by atoms with Gasteiger partial charge in [-0.25, -0.2) is 0 Å². The molecule has 1 N–H and O–H groups in total. The van der Waals surface area contributed by atoms with Crippen molar-refractivity contribution in [1.82, 2.24) is 10.2 Å². The lowest BCUT2D eigenvalue weighted by atomic mass is 10.0. The summed E-state index contributed by atoms with van der Waals surface area (Å²) in [6, 6.07) is 9.17. The Kier molecular flexibility index (Phi) is 7.48. The zero-order valence-electron chi connectivity index (χ0n) is 14.1. The van der Waals surface area contributed by atoms with E-state index in [-0.39, 0.29) is 0 Å². The minimum atomic E-state index is 0.442. The molecular weight excluding hydrogens is 260 g/mol. The van der Waals surface area contributed by atoms with Gasteiger partial charge in [-0.3, -0.25) is 4.90 Å². The smallest absolute Gasteiger partial charge is 0.122 e. The van der Waals surface area contributed by atoms with E-state index in [1.165, 1.54) is 11.1 Å². The first kappa shape index (κ1) is 17.7. The molecule has 0 aromatic heterocycles. The third-order valence-corrected chi connectivity index (χ3v) is 3.69. The first-order valence-corrected chi connectivity index (χ1v) is 7.66. The number of ether oxygens (including phenoxy) is 1. The second-order valence-electron chi connectivity index (χ2n) is 6.07. The fraction of sp³-hybridized carbons (Fsp3) is 0.556. The van der Waals surface area contributed by atoms with Gasteiger partial charge in [0.1, 0.15) is 5.75 Å². The summed E-state index contributed by atoms with van der Waals surface area (Å²) >= 11 is 0. The third-order valence-electron chi connectivity index (χ3n) is 3.69. The molecule has 1 atom stereocenters. The number of nitrogens with zero attached hydrogens (tertiary/aromatic N) is 1. The quantitative estimate of drug-likeness (QED) is 0.707. The molecule has 0 bridgehead atoms. The van der Waals surface area contributed by atoms with Crippen molar-refractivity contribution >= 4 is 0 Å². The highest BCUT2D eigenvalue weighted by molar-refractivity contribution is 5.33. The predicted molar refractivity (Wildman–Crippen MR) is 91.1 cm³/mol. The predicted octanol–water partition coefficient (Wildman–Crippen LogP) is 3.11. The molecule has 0 heterocycles. The van der Waals surface area contributed by atoms with Gasteiger partial charge in [0.2, 0.25) is 0 Å². The molecule has 0 saturated carbocycles. The van der Waals surface area contributed by atoms with Gasteiger partial charge < -0.3 is 10.1 Å². The minimum Gasteiger partial charge on any atom is -0.496 e. The molecule has 21 heavy (non-hydrogen) atoms. The average molecular weight is 290 g/mol. The summed E-state index contributed by atoms with van der Waals surface area (Å²) in [4.78, 5) is 2.34. The van der Waals surface area contributed by atoms with Crippen LogP contribution in [0.2, 0.25) is 0 Å². The Morgan fingerprint density at radius 3 is 2.57 bits per heavy atom. The van der Waals surface area contributed by atoms with Crippen molar-refractivity contribution in [2.75, 3.05) is 27.2 Å². The van der Waals surface area contributed by atoms with Crippen molar-refractivity contribution in [3.05, 3.63) is 42.0 Å². The Morgan fingerprint density at radius 1 is 1.29 bits per heavy atom. The van der Waals surface area contributed by atoms with Crippen molar-refractivity contribution in [3.8, 4) is 5.75 Å². The topological polar surface area (TPSA) is 24.5 Å². The molecule has 0 aliphatic carbocycles. The third kappa shape index (κ3) is 6.32. The van der Waals surface area contributed by atoms with Crippen LogP contribution in [0.1, 0.15) is 26.3 Å². The molecule has 118 valence electrons. The van der Waals surface area contributed by atoms with Crippen LogP contribution < -0.4 is 10.1 Å². The second kappa shape index (κ2) is 8.85. The van der Waals surface area contributed by atoms with Crippen molar-refractivity contribution in [1.29, 1.82) is 0 Å². The van der Waals surface area contributed by atoms with Crippen molar-refractivity contribution in [2.45, 2.75) is 39.3 Å². The normalized spacial score (nSPS) is 12.7. The van der Waals surface area contributed by atoms with Gasteiger partial charge in [-0.1, -0.05) is 38.6 Å². The molecular formula is C18H30N2O. The van der Waals surface area contributed by atoms with E-state index in [4.69, 9.17) is 4.74 Å². The lowest BCUT2D eigenvalue weighted by Crippen LogP contribution is -2.35. The molecule has 1 aromatic carbocycles. The van der Waals surface area contributed by atoms with Crippen LogP contribution in [0.25, 0.3) is 0 Å². The summed E-state index contributed by atoms with van der Waals surface area (Å²) in [5, 5.41) is 3.41. The lowest BCUT2D eigenvalue weighted by Gasteiger charge is -2.26. The molecule has 3 heteroatoms. The van der Waals surface area contributed by atoms with Crippen LogP contribution in [0.5, 0.6) is 5.75 Å². The monoisotopic (exact) mass is 290 g/mol. The Bertz CT molecular complexity index is 443. The maximum atomic E-state index is 5.43. The van der Waals surface area contributed by atoms with Gasteiger partial charge in [0.15, 0.2) is 0 Å². The summed E-state index contributed by atoms with van der Waals surface area (Å²) in [7, 11) is 3.88. The lowest BCUT2D eigenvalue weighted by molar-refractivity contribution is 0.272. The summed E-state index contributed by atoms with van der Waals surface area (Å²) < 4.78 is 5.43. The van der Waals surface area contributed by atoms with E-state index < -0.39 is 0 Å². The van der Waals surface area contributed by atoms with E-state index >= 15 is 0 Å². The summed E-state index contributed by atoms with van der Waals surface area (Å²) in [6.07, 6.45) is 0.978. The van der Waals surface area contributed by atoms with Crippen molar-refractivity contribution < 1.29 is 4.74 Å². The zero-order valence-corrected chi connectivity index (χ0v) is 14.1. The van der Waals surface area contributed by atoms with E-state index in [1.807, 2.05) is 12.1 Å². The van der Waals surface area contributed by atoms with Crippen LogP contribution in [-0.2, 0) is 6.42 Å². The van der Waals surface area contributed by atoms with Gasteiger partial charge in [0.05, 0.1) is 7.11 Å². The van der Waals surface area contributed by atoms with Gasteiger partial charge in [0, 0.05) is 25.2 Å². The molecule has 0 saturated heterocycles. The summed E-state index contributed by atoms with van der Waals surface area (Å²) in [5.41, 5.74) is 2.48. The Morgan fingerprint density at radius 2 is 1.95 bits per heavy atom. The number of hydrogen-bond donors (Lipinski definition) is 1. The number of likely N-dealkylation sites (N-methyl/N-ethyl adjacent to an activating group) is 1. The van der Waals surface area contributed by atoms with Crippen molar-refractivity contribution in [3.63, 3.8) is 0 Å². The Balaban J connectivity index is 2.50. The number of para-hydroxylation sites is 1. The summed E-state index contributed by atoms with van der Waals surface area (Å²) in [6.45, 7) is 12.5. The Labute approximate surface area is 130 Å². The number of benzene rings is 1. The molecule has 3 nitrogen and oxygen atoms in total. The van der Waals surface area contributed by atoms with Crippen molar-refractivity contribution in [2.24, 2.45) is 0 Å². The molecule has 0 fully saturated rings. The van der Waals surface area contributed by atoms with Gasteiger partial charge in [-0.05, 0) is 37.6 Å². The van der Waals surface area contributed by atoms with E-state index in [2.05, 4.69) is 56.7 Å². The maximum Gasteiger partial charge on any atom is 0.122 e. The highest BCUT2D eigenvalue weighted by atomic mass is 16.5. The highest BCUT2D eigenvalue weighted by Gasteiger charge is 2.13. The van der Waals surface area contributed by atoms with Gasteiger partial charge in [0.25, 0.3) is 0 Å². The SMILES string of the molecule is C=C(CNC(C)C)CN(C)C(C)Cc1ccccc1OC. The first-order chi connectivity index (χ1) is 9.93. The van der Waals surface area contributed by atoms with Gasteiger partial charge >= 0.3 is 0 Å². The van der Waals surface area contributed by atoms with Crippen LogP contribution in [0.3, 0.4) is 0 Å². The second-order valence-corrected chi connectivity index (χ2v) is 6.07. The molecule has 1 unspecified atom stereocenters. The fourth-order valence-electron chi connectivity index (χ4n) is 2.26. The van der Waals surface area contributed by atoms with Crippen LogP contribution in [-0.4, -0.2) is 44.2 Å². The largest absolute Gasteiger partial charge is 0.496 e. The Hall–Kier alpha value is -1.32. The van der Waals surface area contributed by atoms with Gasteiger partial charge in [-0.2, -0.15) is 0 Å². The van der Waals surface area contributed by atoms with Crippen LogP contribution in [0.4, 0.5) is 0 Å². The van der Waals surface area contributed by atoms with Crippen LogP contribution >= 0.6 is 0 Å². The number of nitrogens with one attached hydrogen (secondary N) is 1. The number of hydrogen-bond acceptors (Lipinski definition) is 3. The van der Waals surface area contributed by atoms with E-state index in [0.717, 1.165) is 25.3 Å². The molecule has 0 radical (unpaired) electrons. The molecule has 0 amide bonds. The molecule has 0 spiro atoms.